The molecule has 2 aromatic rings. The van der Waals surface area contributed by atoms with Crippen molar-refractivity contribution in [3.05, 3.63) is 54.1 Å². The highest BCUT2D eigenvalue weighted by Crippen LogP contribution is 2.17. The predicted molar refractivity (Wildman–Crippen MR) is 102 cm³/mol. The molecule has 1 aliphatic rings. The highest BCUT2D eigenvalue weighted by molar-refractivity contribution is 5.78. The first-order valence-electron chi connectivity index (χ1n) is 9.41. The highest BCUT2D eigenvalue weighted by atomic mass is 15.1. The van der Waals surface area contributed by atoms with Crippen LogP contribution in [0.1, 0.15) is 49.9 Å². The number of hydrogen-bond acceptors (Lipinski definition) is 2. The SMILES string of the molecule is NC(=NCc1nccn1CCCc1ccccc1)NC1CCCCC1. The quantitative estimate of drug-likeness (QED) is 0.601. The lowest BCUT2D eigenvalue weighted by molar-refractivity contribution is 0.412. The number of nitrogens with zero attached hydrogens (tertiary/aromatic N) is 3. The van der Waals surface area contributed by atoms with Crippen molar-refractivity contribution in [2.45, 2.75) is 64.1 Å². The second kappa shape index (κ2) is 9.25. The van der Waals surface area contributed by atoms with Crippen molar-refractivity contribution in [2.75, 3.05) is 0 Å². The van der Waals surface area contributed by atoms with Gasteiger partial charge in [0.15, 0.2) is 5.96 Å². The van der Waals surface area contributed by atoms with E-state index in [0.29, 0.717) is 18.5 Å². The Morgan fingerprint density at radius 2 is 2.00 bits per heavy atom. The van der Waals surface area contributed by atoms with E-state index < -0.39 is 0 Å². The standard InChI is InChI=1S/C20H29N5/c21-20(24-18-11-5-2-6-12-18)23-16-19-22-13-15-25(19)14-7-10-17-8-3-1-4-9-17/h1,3-4,8-9,13,15,18H,2,5-7,10-12,14,16H2,(H3,21,23,24). The van der Waals surface area contributed by atoms with Crippen LogP contribution in [0.5, 0.6) is 0 Å². The molecule has 1 heterocycles. The topological polar surface area (TPSA) is 68.2 Å². The molecule has 1 aliphatic carbocycles. The minimum atomic E-state index is 0.489. The molecule has 1 saturated carbocycles. The summed E-state index contributed by atoms with van der Waals surface area (Å²) in [5.41, 5.74) is 7.43. The zero-order valence-electron chi connectivity index (χ0n) is 14.9. The molecule has 0 spiro atoms. The molecule has 0 saturated heterocycles. The molecule has 134 valence electrons. The van der Waals surface area contributed by atoms with Crippen molar-refractivity contribution in [2.24, 2.45) is 10.7 Å². The number of nitrogens with one attached hydrogen (secondary N) is 1. The number of rotatable bonds is 7. The third kappa shape index (κ3) is 5.62. The van der Waals surface area contributed by atoms with Gasteiger partial charge in [-0.15, -0.1) is 0 Å². The van der Waals surface area contributed by atoms with E-state index in [-0.39, 0.29) is 0 Å². The average Bonchev–Trinajstić information content (AvgIpc) is 3.09. The zero-order valence-corrected chi connectivity index (χ0v) is 14.9. The molecule has 0 radical (unpaired) electrons. The van der Waals surface area contributed by atoms with E-state index in [2.05, 4.69) is 50.2 Å². The van der Waals surface area contributed by atoms with Crippen LogP contribution >= 0.6 is 0 Å². The van der Waals surface area contributed by atoms with E-state index in [1.54, 1.807) is 0 Å². The van der Waals surface area contributed by atoms with Gasteiger partial charge in [-0.2, -0.15) is 0 Å². The largest absolute Gasteiger partial charge is 0.370 e. The van der Waals surface area contributed by atoms with Crippen LogP contribution in [-0.4, -0.2) is 21.6 Å². The highest BCUT2D eigenvalue weighted by Gasteiger charge is 2.13. The summed E-state index contributed by atoms with van der Waals surface area (Å²) < 4.78 is 2.18. The Balaban J connectivity index is 1.46. The van der Waals surface area contributed by atoms with E-state index in [0.717, 1.165) is 25.2 Å². The Hall–Kier alpha value is -2.30. The summed E-state index contributed by atoms with van der Waals surface area (Å²) in [5.74, 6) is 1.52. The Kier molecular flexibility index (Phi) is 6.48. The summed E-state index contributed by atoms with van der Waals surface area (Å²) in [5, 5.41) is 3.36. The summed E-state index contributed by atoms with van der Waals surface area (Å²) in [4.78, 5) is 8.92. The Labute approximate surface area is 150 Å². The third-order valence-electron chi connectivity index (χ3n) is 4.86. The summed E-state index contributed by atoms with van der Waals surface area (Å²) in [6, 6.07) is 11.1. The van der Waals surface area contributed by atoms with Crippen molar-refractivity contribution in [1.82, 2.24) is 14.9 Å². The van der Waals surface area contributed by atoms with Crippen molar-refractivity contribution >= 4 is 5.96 Å². The van der Waals surface area contributed by atoms with Gasteiger partial charge in [-0.05, 0) is 31.2 Å². The summed E-state index contributed by atoms with van der Waals surface area (Å²) in [7, 11) is 0. The fraction of sp³-hybridized carbons (Fsp3) is 0.500. The van der Waals surface area contributed by atoms with Gasteiger partial charge in [0.25, 0.3) is 0 Å². The van der Waals surface area contributed by atoms with Crippen molar-refractivity contribution in [3.8, 4) is 0 Å². The Morgan fingerprint density at radius 1 is 1.20 bits per heavy atom. The normalized spacial score (nSPS) is 16.1. The molecular weight excluding hydrogens is 310 g/mol. The molecule has 0 atom stereocenters. The van der Waals surface area contributed by atoms with E-state index >= 15 is 0 Å². The second-order valence-electron chi connectivity index (χ2n) is 6.81. The number of nitrogens with two attached hydrogens (primary N) is 1. The Morgan fingerprint density at radius 3 is 2.80 bits per heavy atom. The molecule has 5 heteroatoms. The van der Waals surface area contributed by atoms with E-state index in [1.807, 2.05) is 12.4 Å². The number of aliphatic imine (C=N–C) groups is 1. The van der Waals surface area contributed by atoms with Crippen LogP contribution in [0.3, 0.4) is 0 Å². The minimum absolute atomic E-state index is 0.489. The van der Waals surface area contributed by atoms with Crippen LogP contribution < -0.4 is 11.1 Å². The smallest absolute Gasteiger partial charge is 0.189 e. The number of aromatic nitrogens is 2. The molecule has 3 N–H and O–H groups in total. The van der Waals surface area contributed by atoms with Gasteiger partial charge in [0, 0.05) is 25.0 Å². The predicted octanol–water partition coefficient (Wildman–Crippen LogP) is 3.25. The van der Waals surface area contributed by atoms with Crippen molar-refractivity contribution in [1.29, 1.82) is 0 Å². The van der Waals surface area contributed by atoms with E-state index in [1.165, 1.54) is 37.7 Å². The fourth-order valence-electron chi connectivity index (χ4n) is 3.45. The van der Waals surface area contributed by atoms with Gasteiger partial charge in [-0.3, -0.25) is 0 Å². The monoisotopic (exact) mass is 339 g/mol. The molecular formula is C20H29N5. The van der Waals surface area contributed by atoms with Crippen LogP contribution in [0.2, 0.25) is 0 Å². The second-order valence-corrected chi connectivity index (χ2v) is 6.81. The van der Waals surface area contributed by atoms with Crippen molar-refractivity contribution in [3.63, 3.8) is 0 Å². The number of imidazole rings is 1. The van der Waals surface area contributed by atoms with Crippen LogP contribution in [0.15, 0.2) is 47.7 Å². The molecule has 0 bridgehead atoms. The van der Waals surface area contributed by atoms with E-state index in [9.17, 15) is 0 Å². The number of aryl methyl sites for hydroxylation is 2. The van der Waals surface area contributed by atoms with Gasteiger partial charge in [0.1, 0.15) is 12.4 Å². The zero-order chi connectivity index (χ0) is 17.3. The first kappa shape index (κ1) is 17.5. The maximum absolute atomic E-state index is 6.05. The summed E-state index contributed by atoms with van der Waals surface area (Å²) >= 11 is 0. The molecule has 1 aromatic heterocycles. The maximum atomic E-state index is 6.05. The minimum Gasteiger partial charge on any atom is -0.370 e. The first-order chi connectivity index (χ1) is 12.3. The molecule has 25 heavy (non-hydrogen) atoms. The van der Waals surface area contributed by atoms with Gasteiger partial charge in [0.05, 0.1) is 0 Å². The summed E-state index contributed by atoms with van der Waals surface area (Å²) in [6.45, 7) is 1.49. The lowest BCUT2D eigenvalue weighted by atomic mass is 9.96. The van der Waals surface area contributed by atoms with Gasteiger partial charge < -0.3 is 15.6 Å². The molecule has 3 rings (SSSR count). The fourth-order valence-corrected chi connectivity index (χ4v) is 3.45. The van der Waals surface area contributed by atoms with Gasteiger partial charge in [0.2, 0.25) is 0 Å². The van der Waals surface area contributed by atoms with Crippen LogP contribution in [-0.2, 0) is 19.5 Å². The van der Waals surface area contributed by atoms with Gasteiger partial charge in [-0.25, -0.2) is 9.98 Å². The molecule has 1 aromatic carbocycles. The number of benzene rings is 1. The lowest BCUT2D eigenvalue weighted by Crippen LogP contribution is -2.41. The molecule has 5 nitrogen and oxygen atoms in total. The van der Waals surface area contributed by atoms with E-state index in [4.69, 9.17) is 5.73 Å². The van der Waals surface area contributed by atoms with Crippen LogP contribution in [0.25, 0.3) is 0 Å². The molecule has 1 fully saturated rings. The third-order valence-corrected chi connectivity index (χ3v) is 4.86. The number of hydrogen-bond donors (Lipinski definition) is 2. The van der Waals surface area contributed by atoms with Gasteiger partial charge in [-0.1, -0.05) is 49.6 Å². The molecule has 0 unspecified atom stereocenters. The molecule has 0 aliphatic heterocycles. The Bertz CT molecular complexity index is 656. The van der Waals surface area contributed by atoms with Gasteiger partial charge >= 0.3 is 0 Å². The van der Waals surface area contributed by atoms with Crippen molar-refractivity contribution < 1.29 is 0 Å². The first-order valence-corrected chi connectivity index (χ1v) is 9.41. The average molecular weight is 339 g/mol. The van der Waals surface area contributed by atoms with Crippen LogP contribution in [0, 0.1) is 0 Å². The molecule has 0 amide bonds. The maximum Gasteiger partial charge on any atom is 0.189 e. The summed E-state index contributed by atoms with van der Waals surface area (Å²) in [6.07, 6.45) is 12.4. The number of guanidine groups is 1. The lowest BCUT2D eigenvalue weighted by Gasteiger charge is -2.23. The van der Waals surface area contributed by atoms with Crippen LogP contribution in [0.4, 0.5) is 0 Å².